The van der Waals surface area contributed by atoms with E-state index in [9.17, 15) is 9.18 Å². The average molecular weight is 397 g/mol. The monoisotopic (exact) mass is 397 g/mol. The molecular weight excluding hydrogens is 369 g/mol. The zero-order valence-electron chi connectivity index (χ0n) is 16.8. The summed E-state index contributed by atoms with van der Waals surface area (Å²) >= 11 is 0. The summed E-state index contributed by atoms with van der Waals surface area (Å²) < 4.78 is 18.7. The first kappa shape index (κ1) is 19.9. The Kier molecular flexibility index (Phi) is 6.11. The molecule has 29 heavy (non-hydrogen) atoms. The van der Waals surface area contributed by atoms with Crippen LogP contribution in [0.1, 0.15) is 23.5 Å². The van der Waals surface area contributed by atoms with Crippen LogP contribution in [0.15, 0.2) is 48.5 Å². The second-order valence-electron chi connectivity index (χ2n) is 8.00. The minimum Gasteiger partial charge on any atom is -0.489 e. The van der Waals surface area contributed by atoms with Crippen molar-refractivity contribution >= 4 is 5.91 Å². The number of nitrogens with one attached hydrogen (secondary N) is 1. The van der Waals surface area contributed by atoms with Crippen molar-refractivity contribution in [3.8, 4) is 5.75 Å². The van der Waals surface area contributed by atoms with Gasteiger partial charge in [-0.3, -0.25) is 4.79 Å². The molecule has 0 aromatic heterocycles. The molecule has 2 fully saturated rings. The molecule has 4 rings (SSSR count). The van der Waals surface area contributed by atoms with E-state index in [-0.39, 0.29) is 11.7 Å². The molecule has 154 valence electrons. The summed E-state index contributed by atoms with van der Waals surface area (Å²) in [6.07, 6.45) is 1.06. The van der Waals surface area contributed by atoms with Crippen LogP contribution in [0.3, 0.4) is 0 Å². The van der Waals surface area contributed by atoms with Crippen LogP contribution in [0.25, 0.3) is 0 Å². The largest absolute Gasteiger partial charge is 0.489 e. The Bertz CT molecular complexity index is 817. The summed E-state index contributed by atoms with van der Waals surface area (Å²) in [6, 6.07) is 14.8. The van der Waals surface area contributed by atoms with Gasteiger partial charge in [0.15, 0.2) is 0 Å². The van der Waals surface area contributed by atoms with Gasteiger partial charge in [0.1, 0.15) is 18.2 Å². The lowest BCUT2D eigenvalue weighted by Gasteiger charge is -2.32. The molecule has 2 aliphatic rings. The van der Waals surface area contributed by atoms with Gasteiger partial charge in [0.25, 0.3) is 0 Å². The summed E-state index contributed by atoms with van der Waals surface area (Å²) in [6.45, 7) is 4.39. The Hall–Kier alpha value is -2.44. The first-order chi connectivity index (χ1) is 14.1. The van der Waals surface area contributed by atoms with E-state index in [1.807, 2.05) is 17.0 Å². The second-order valence-corrected chi connectivity index (χ2v) is 8.00. The molecule has 1 aliphatic heterocycles. The van der Waals surface area contributed by atoms with E-state index in [0.29, 0.717) is 25.1 Å². The van der Waals surface area contributed by atoms with E-state index >= 15 is 0 Å². The number of rotatable bonds is 7. The van der Waals surface area contributed by atoms with Crippen molar-refractivity contribution in [2.45, 2.75) is 25.0 Å². The van der Waals surface area contributed by atoms with E-state index in [0.717, 1.165) is 43.9 Å². The van der Waals surface area contributed by atoms with Crippen molar-refractivity contribution in [2.24, 2.45) is 0 Å². The highest BCUT2D eigenvalue weighted by Crippen LogP contribution is 2.41. The number of ether oxygens (including phenoxy) is 1. The number of hydrogen-bond donors (Lipinski definition) is 1. The van der Waals surface area contributed by atoms with Crippen LogP contribution in [0.4, 0.5) is 4.39 Å². The zero-order valence-corrected chi connectivity index (χ0v) is 16.8. The number of amides is 1. The predicted octanol–water partition coefficient (Wildman–Crippen LogP) is 2.62. The van der Waals surface area contributed by atoms with Gasteiger partial charge in [-0.1, -0.05) is 24.3 Å². The summed E-state index contributed by atoms with van der Waals surface area (Å²) in [7, 11) is 2.09. The number of benzene rings is 2. The minimum absolute atomic E-state index is 0.202. The maximum absolute atomic E-state index is 12.9. The van der Waals surface area contributed by atoms with Crippen molar-refractivity contribution in [2.75, 3.05) is 39.8 Å². The van der Waals surface area contributed by atoms with Gasteiger partial charge >= 0.3 is 0 Å². The van der Waals surface area contributed by atoms with Gasteiger partial charge in [-0.15, -0.1) is 0 Å². The standard InChI is InChI=1S/C23H28FN3O2/c1-26-10-12-27(13-11-26)23(28)15-25-22-14-21(22)18-4-8-20(9-5-18)29-16-17-2-6-19(24)7-3-17/h2-9,21-22,25H,10-16H2,1H3/t21?,22-/m0/s1. The molecule has 2 atom stereocenters. The first-order valence-electron chi connectivity index (χ1n) is 10.3. The second kappa shape index (κ2) is 8.93. The molecule has 1 aliphatic carbocycles. The Morgan fingerprint density at radius 3 is 2.45 bits per heavy atom. The quantitative estimate of drug-likeness (QED) is 0.780. The van der Waals surface area contributed by atoms with Gasteiger partial charge in [0.05, 0.1) is 6.54 Å². The van der Waals surface area contributed by atoms with Gasteiger partial charge in [-0.05, 0) is 48.9 Å². The van der Waals surface area contributed by atoms with Crippen LogP contribution in [-0.4, -0.2) is 61.5 Å². The Balaban J connectivity index is 1.20. The van der Waals surface area contributed by atoms with Crippen LogP contribution >= 0.6 is 0 Å². The highest BCUT2D eigenvalue weighted by Gasteiger charge is 2.38. The number of nitrogens with zero attached hydrogens (tertiary/aromatic N) is 2. The summed E-state index contributed by atoms with van der Waals surface area (Å²) in [4.78, 5) is 16.5. The van der Waals surface area contributed by atoms with Crippen LogP contribution in [-0.2, 0) is 11.4 Å². The third-order valence-electron chi connectivity index (χ3n) is 5.79. The van der Waals surface area contributed by atoms with E-state index < -0.39 is 0 Å². The van der Waals surface area contributed by atoms with Crippen LogP contribution < -0.4 is 10.1 Å². The number of hydrogen-bond acceptors (Lipinski definition) is 4. The molecule has 2 aromatic rings. The normalized spacial score (nSPS) is 21.8. The number of carbonyl (C=O) groups is 1. The maximum atomic E-state index is 12.9. The van der Waals surface area contributed by atoms with Crippen molar-refractivity contribution in [1.29, 1.82) is 0 Å². The highest BCUT2D eigenvalue weighted by atomic mass is 19.1. The van der Waals surface area contributed by atoms with Gasteiger partial charge in [0.2, 0.25) is 5.91 Å². The fraction of sp³-hybridized carbons (Fsp3) is 0.435. The number of likely N-dealkylation sites (N-methyl/N-ethyl adjacent to an activating group) is 1. The number of carbonyl (C=O) groups excluding carboxylic acids is 1. The van der Waals surface area contributed by atoms with Crippen LogP contribution in [0, 0.1) is 5.82 Å². The predicted molar refractivity (Wildman–Crippen MR) is 110 cm³/mol. The van der Waals surface area contributed by atoms with E-state index in [2.05, 4.69) is 29.4 Å². The Labute approximate surface area is 171 Å². The molecule has 0 bridgehead atoms. The molecule has 1 saturated heterocycles. The van der Waals surface area contributed by atoms with Gasteiger partial charge in [-0.25, -0.2) is 4.39 Å². The first-order valence-corrected chi connectivity index (χ1v) is 10.3. The van der Waals surface area contributed by atoms with Crippen molar-refractivity contribution in [3.63, 3.8) is 0 Å². The molecule has 1 heterocycles. The molecule has 0 radical (unpaired) electrons. The third-order valence-corrected chi connectivity index (χ3v) is 5.79. The fourth-order valence-electron chi connectivity index (χ4n) is 3.73. The molecule has 1 N–H and O–H groups in total. The third kappa shape index (κ3) is 5.34. The summed E-state index contributed by atoms with van der Waals surface area (Å²) in [5, 5.41) is 3.41. The zero-order chi connectivity index (χ0) is 20.2. The lowest BCUT2D eigenvalue weighted by atomic mass is 10.1. The molecular formula is C23H28FN3O2. The maximum Gasteiger partial charge on any atom is 0.236 e. The topological polar surface area (TPSA) is 44.8 Å². The van der Waals surface area contributed by atoms with Crippen LogP contribution in [0.2, 0.25) is 0 Å². The van der Waals surface area contributed by atoms with Gasteiger partial charge in [0, 0.05) is 38.1 Å². The summed E-state index contributed by atoms with van der Waals surface area (Å²) in [5.74, 6) is 1.22. The van der Waals surface area contributed by atoms with E-state index in [1.165, 1.54) is 17.7 Å². The number of piperazine rings is 1. The molecule has 1 unspecified atom stereocenters. The van der Waals surface area contributed by atoms with Crippen molar-refractivity contribution < 1.29 is 13.9 Å². The molecule has 2 aromatic carbocycles. The highest BCUT2D eigenvalue weighted by molar-refractivity contribution is 5.78. The van der Waals surface area contributed by atoms with Gasteiger partial charge < -0.3 is 19.9 Å². The molecule has 0 spiro atoms. The molecule has 5 nitrogen and oxygen atoms in total. The number of halogens is 1. The van der Waals surface area contributed by atoms with E-state index in [1.54, 1.807) is 12.1 Å². The summed E-state index contributed by atoms with van der Waals surface area (Å²) in [5.41, 5.74) is 2.20. The Morgan fingerprint density at radius 2 is 1.76 bits per heavy atom. The molecule has 1 amide bonds. The molecule has 6 heteroatoms. The van der Waals surface area contributed by atoms with Crippen LogP contribution in [0.5, 0.6) is 5.75 Å². The fourth-order valence-corrected chi connectivity index (χ4v) is 3.73. The van der Waals surface area contributed by atoms with Crippen molar-refractivity contribution in [1.82, 2.24) is 15.1 Å². The van der Waals surface area contributed by atoms with Gasteiger partial charge in [-0.2, -0.15) is 0 Å². The lowest BCUT2D eigenvalue weighted by molar-refractivity contribution is -0.131. The SMILES string of the molecule is CN1CCN(C(=O)CN[C@H]2CC2c2ccc(OCc3ccc(F)cc3)cc2)CC1. The average Bonchev–Trinajstić information content (AvgIpc) is 3.52. The Morgan fingerprint density at radius 1 is 1.07 bits per heavy atom. The lowest BCUT2D eigenvalue weighted by Crippen LogP contribution is -2.49. The van der Waals surface area contributed by atoms with E-state index in [4.69, 9.17) is 4.74 Å². The minimum atomic E-state index is -0.240. The molecule has 1 saturated carbocycles. The smallest absolute Gasteiger partial charge is 0.236 e. The van der Waals surface area contributed by atoms with Crippen molar-refractivity contribution in [3.05, 3.63) is 65.5 Å².